The summed E-state index contributed by atoms with van der Waals surface area (Å²) < 4.78 is 33.7. The van der Waals surface area contributed by atoms with Gasteiger partial charge in [0.05, 0.1) is 29.3 Å². The maximum Gasteiger partial charge on any atom is 0.261 e. The molecule has 32 heavy (non-hydrogen) atoms. The first-order valence-electron chi connectivity index (χ1n) is 10.5. The van der Waals surface area contributed by atoms with E-state index in [0.717, 1.165) is 24.0 Å². The van der Waals surface area contributed by atoms with E-state index in [1.165, 1.54) is 7.11 Å². The van der Waals surface area contributed by atoms with Crippen molar-refractivity contribution in [3.05, 3.63) is 89.5 Å². The molecule has 0 spiro atoms. The predicted molar refractivity (Wildman–Crippen MR) is 124 cm³/mol. The Balaban J connectivity index is 1.64. The van der Waals surface area contributed by atoms with E-state index in [1.54, 1.807) is 42.5 Å². The summed E-state index contributed by atoms with van der Waals surface area (Å²) in [5.41, 5.74) is 2.40. The van der Waals surface area contributed by atoms with E-state index in [1.807, 2.05) is 37.3 Å². The van der Waals surface area contributed by atoms with Gasteiger partial charge in [0, 0.05) is 0 Å². The number of methoxy groups -OCH3 is 1. The lowest BCUT2D eigenvalue weighted by atomic mass is 10.0. The predicted octanol–water partition coefficient (Wildman–Crippen LogP) is 4.69. The molecular formula is C25H26N2O4S. The van der Waals surface area contributed by atoms with Crippen LogP contribution in [-0.4, -0.2) is 21.4 Å². The summed E-state index contributed by atoms with van der Waals surface area (Å²) in [5.74, 6) is 0.488. The molecule has 1 atom stereocenters. The van der Waals surface area contributed by atoms with Gasteiger partial charge in [0.25, 0.3) is 15.9 Å². The van der Waals surface area contributed by atoms with Crippen LogP contribution in [0.1, 0.15) is 40.4 Å². The molecule has 1 fully saturated rings. The van der Waals surface area contributed by atoms with Crippen molar-refractivity contribution in [2.24, 2.45) is 5.92 Å². The summed E-state index contributed by atoms with van der Waals surface area (Å²) in [6.07, 6.45) is 2.09. The number of rotatable bonds is 8. The molecule has 2 N–H and O–H groups in total. The molecule has 0 radical (unpaired) electrons. The molecule has 3 aromatic rings. The number of carbonyl (C=O) groups excluding carboxylic acids is 1. The fraction of sp³-hybridized carbons (Fsp3) is 0.240. The summed E-state index contributed by atoms with van der Waals surface area (Å²) in [6, 6.07) is 21.0. The highest BCUT2D eigenvalue weighted by molar-refractivity contribution is 7.92. The third-order valence-corrected chi connectivity index (χ3v) is 6.97. The molecule has 7 heteroatoms. The minimum atomic E-state index is -3.86. The number of amides is 1. The highest BCUT2D eigenvalue weighted by Crippen LogP contribution is 2.41. The first-order chi connectivity index (χ1) is 15.4. The molecule has 1 unspecified atom stereocenters. The lowest BCUT2D eigenvalue weighted by molar-refractivity contribution is 0.0932. The molecule has 166 valence electrons. The summed E-state index contributed by atoms with van der Waals surface area (Å²) in [6.45, 7) is 1.89. The fourth-order valence-corrected chi connectivity index (χ4v) is 4.71. The van der Waals surface area contributed by atoms with Gasteiger partial charge in [-0.3, -0.25) is 9.52 Å². The summed E-state index contributed by atoms with van der Waals surface area (Å²) in [5, 5.41) is 3.11. The second-order valence-corrected chi connectivity index (χ2v) is 9.71. The first kappa shape index (κ1) is 21.9. The molecule has 0 aromatic heterocycles. The Morgan fingerprint density at radius 3 is 2.31 bits per heavy atom. The van der Waals surface area contributed by atoms with Crippen molar-refractivity contribution in [3.8, 4) is 5.75 Å². The maximum absolute atomic E-state index is 13.3. The van der Waals surface area contributed by atoms with Gasteiger partial charge in [-0.1, -0.05) is 48.0 Å². The van der Waals surface area contributed by atoms with Crippen LogP contribution >= 0.6 is 0 Å². The van der Waals surface area contributed by atoms with Crippen LogP contribution in [0, 0.1) is 12.8 Å². The van der Waals surface area contributed by atoms with Gasteiger partial charge in [0.15, 0.2) is 0 Å². The number of anilines is 1. The Morgan fingerprint density at radius 2 is 1.69 bits per heavy atom. The van der Waals surface area contributed by atoms with Gasteiger partial charge in [0.1, 0.15) is 5.75 Å². The zero-order chi connectivity index (χ0) is 22.7. The molecular weight excluding hydrogens is 424 g/mol. The maximum atomic E-state index is 13.3. The molecule has 0 bridgehead atoms. The average Bonchev–Trinajstić information content (AvgIpc) is 3.63. The quantitative estimate of drug-likeness (QED) is 0.522. The number of sulfonamides is 1. The molecule has 0 aliphatic heterocycles. The van der Waals surface area contributed by atoms with Crippen LogP contribution in [0.15, 0.2) is 77.7 Å². The van der Waals surface area contributed by atoms with Gasteiger partial charge in [-0.05, 0) is 61.6 Å². The molecule has 0 saturated heterocycles. The number of ether oxygens (including phenoxy) is 1. The number of hydrogen-bond acceptors (Lipinski definition) is 4. The van der Waals surface area contributed by atoms with Crippen LogP contribution in [0.2, 0.25) is 0 Å². The Labute approximate surface area is 188 Å². The van der Waals surface area contributed by atoms with Crippen LogP contribution in [0.5, 0.6) is 5.75 Å². The zero-order valence-corrected chi connectivity index (χ0v) is 18.9. The Morgan fingerprint density at radius 1 is 1.00 bits per heavy atom. The number of nitrogens with one attached hydrogen (secondary N) is 2. The van der Waals surface area contributed by atoms with Gasteiger partial charge >= 0.3 is 0 Å². The van der Waals surface area contributed by atoms with Crippen molar-refractivity contribution < 1.29 is 17.9 Å². The van der Waals surface area contributed by atoms with Crippen LogP contribution in [0.3, 0.4) is 0 Å². The van der Waals surface area contributed by atoms with Gasteiger partial charge in [-0.15, -0.1) is 0 Å². The number of hydrogen-bond donors (Lipinski definition) is 2. The zero-order valence-electron chi connectivity index (χ0n) is 18.0. The van der Waals surface area contributed by atoms with Gasteiger partial charge in [-0.2, -0.15) is 0 Å². The topological polar surface area (TPSA) is 84.5 Å². The van der Waals surface area contributed by atoms with E-state index in [0.29, 0.717) is 11.7 Å². The smallest absolute Gasteiger partial charge is 0.261 e. The minimum Gasteiger partial charge on any atom is -0.497 e. The van der Waals surface area contributed by atoms with E-state index >= 15 is 0 Å². The normalized spacial score (nSPS) is 14.4. The highest BCUT2D eigenvalue weighted by Gasteiger charge is 2.34. The van der Waals surface area contributed by atoms with Crippen LogP contribution < -0.4 is 14.8 Å². The monoisotopic (exact) mass is 450 g/mol. The third kappa shape index (κ3) is 4.94. The van der Waals surface area contributed by atoms with Gasteiger partial charge < -0.3 is 10.1 Å². The second-order valence-electron chi connectivity index (χ2n) is 8.03. The van der Waals surface area contributed by atoms with E-state index in [4.69, 9.17) is 4.74 Å². The number of carbonyl (C=O) groups is 1. The number of benzene rings is 3. The SMILES string of the molecule is COc1ccc(NS(=O)(=O)c2ccc(C)cc2)c(C(=O)NC(c2ccccc2)C2CC2)c1. The first-order valence-corrected chi connectivity index (χ1v) is 12.0. The number of aryl methyl sites for hydroxylation is 1. The minimum absolute atomic E-state index is 0.128. The van der Waals surface area contributed by atoms with E-state index in [2.05, 4.69) is 10.0 Å². The highest BCUT2D eigenvalue weighted by atomic mass is 32.2. The third-order valence-electron chi connectivity index (χ3n) is 5.59. The van der Waals surface area contributed by atoms with E-state index in [9.17, 15) is 13.2 Å². The van der Waals surface area contributed by atoms with Crippen molar-refractivity contribution >= 4 is 21.6 Å². The van der Waals surface area contributed by atoms with E-state index in [-0.39, 0.29) is 28.1 Å². The van der Waals surface area contributed by atoms with Gasteiger partial charge in [0.2, 0.25) is 0 Å². The molecule has 1 amide bonds. The standard InChI is InChI=1S/C25H26N2O4S/c1-17-8-13-21(14-9-17)32(29,30)27-23-15-12-20(31-2)16-22(23)25(28)26-24(19-10-11-19)18-6-4-3-5-7-18/h3-9,12-16,19,24,27H,10-11H2,1-2H3,(H,26,28). The lowest BCUT2D eigenvalue weighted by Crippen LogP contribution is -2.30. The summed E-state index contributed by atoms with van der Waals surface area (Å²) >= 11 is 0. The van der Waals surface area contributed by atoms with Crippen molar-refractivity contribution in [1.82, 2.24) is 5.32 Å². The van der Waals surface area contributed by atoms with E-state index < -0.39 is 10.0 Å². The Kier molecular flexibility index (Phi) is 6.19. The largest absolute Gasteiger partial charge is 0.497 e. The Hall–Kier alpha value is -3.32. The van der Waals surface area contributed by atoms with Gasteiger partial charge in [-0.25, -0.2) is 8.42 Å². The summed E-state index contributed by atoms with van der Waals surface area (Å²) in [4.78, 5) is 13.4. The molecule has 4 rings (SSSR count). The van der Waals surface area contributed by atoms with Crippen molar-refractivity contribution in [3.63, 3.8) is 0 Å². The fourth-order valence-electron chi connectivity index (χ4n) is 3.63. The molecule has 1 aliphatic carbocycles. The molecule has 6 nitrogen and oxygen atoms in total. The second kappa shape index (κ2) is 9.04. The lowest BCUT2D eigenvalue weighted by Gasteiger charge is -2.20. The van der Waals surface area contributed by atoms with Crippen molar-refractivity contribution in [2.45, 2.75) is 30.7 Å². The van der Waals surface area contributed by atoms with Crippen LogP contribution in [0.4, 0.5) is 5.69 Å². The average molecular weight is 451 g/mol. The molecule has 1 aliphatic rings. The summed E-state index contributed by atoms with van der Waals surface area (Å²) in [7, 11) is -2.36. The van der Waals surface area contributed by atoms with Crippen LogP contribution in [-0.2, 0) is 10.0 Å². The molecule has 1 saturated carbocycles. The van der Waals surface area contributed by atoms with Crippen molar-refractivity contribution in [1.29, 1.82) is 0 Å². The Bertz CT molecular complexity index is 1200. The van der Waals surface area contributed by atoms with Crippen molar-refractivity contribution in [2.75, 3.05) is 11.8 Å². The van der Waals surface area contributed by atoms with Crippen LogP contribution in [0.25, 0.3) is 0 Å². The molecule has 3 aromatic carbocycles. The molecule has 0 heterocycles.